The fraction of sp³-hybridized carbons (Fsp3) is 0.450. The zero-order chi connectivity index (χ0) is 16.2. The Morgan fingerprint density at radius 2 is 1.78 bits per heavy atom. The molecule has 1 aromatic carbocycles. The molecule has 0 atom stereocenters. The number of hydrogen-bond donors (Lipinski definition) is 0. The quantitative estimate of drug-likeness (QED) is 0.860. The molecule has 3 nitrogen and oxygen atoms in total. The van der Waals surface area contributed by atoms with E-state index in [-0.39, 0.29) is 0 Å². The van der Waals surface area contributed by atoms with Crippen molar-refractivity contribution in [1.82, 2.24) is 14.8 Å². The van der Waals surface area contributed by atoms with Gasteiger partial charge in [0, 0.05) is 56.7 Å². The summed E-state index contributed by atoms with van der Waals surface area (Å²) >= 11 is 0. The fourth-order valence-corrected chi connectivity index (χ4v) is 3.26. The van der Waals surface area contributed by atoms with Crippen molar-refractivity contribution in [1.29, 1.82) is 0 Å². The molecule has 0 aliphatic carbocycles. The van der Waals surface area contributed by atoms with E-state index >= 15 is 0 Å². The maximum absolute atomic E-state index is 4.31. The molecule has 1 saturated heterocycles. The first-order valence-corrected chi connectivity index (χ1v) is 8.59. The number of nitrogens with zero attached hydrogens (tertiary/aromatic N) is 3. The van der Waals surface area contributed by atoms with E-state index in [1.165, 1.54) is 35.3 Å². The Labute approximate surface area is 140 Å². The molecule has 2 aromatic rings. The topological polar surface area (TPSA) is 19.4 Å². The van der Waals surface area contributed by atoms with Crippen LogP contribution in [0.3, 0.4) is 0 Å². The minimum absolute atomic E-state index is 0.661. The van der Waals surface area contributed by atoms with Crippen molar-refractivity contribution in [2.24, 2.45) is 0 Å². The number of piperazine rings is 1. The van der Waals surface area contributed by atoms with Crippen LogP contribution in [-0.2, 0) is 6.54 Å². The summed E-state index contributed by atoms with van der Waals surface area (Å²) in [5.74, 6) is 0. The maximum atomic E-state index is 4.31. The van der Waals surface area contributed by atoms with Crippen molar-refractivity contribution in [2.75, 3.05) is 26.2 Å². The van der Waals surface area contributed by atoms with Gasteiger partial charge in [-0.3, -0.25) is 14.8 Å². The van der Waals surface area contributed by atoms with Gasteiger partial charge in [-0.05, 0) is 49.6 Å². The minimum atomic E-state index is 0.661. The summed E-state index contributed by atoms with van der Waals surface area (Å²) in [6.45, 7) is 12.4. The SMILES string of the molecule is Cc1cncc(-c2cccc(CN3CCN(C(C)C)CC3)c2)c1. The molecular weight excluding hydrogens is 282 g/mol. The zero-order valence-electron chi connectivity index (χ0n) is 14.5. The van der Waals surface area contributed by atoms with Crippen LogP contribution in [-0.4, -0.2) is 47.0 Å². The lowest BCUT2D eigenvalue weighted by molar-refractivity contribution is 0.104. The third kappa shape index (κ3) is 4.18. The molecule has 1 fully saturated rings. The van der Waals surface area contributed by atoms with Crippen molar-refractivity contribution in [3.8, 4) is 11.1 Å². The molecule has 0 saturated carbocycles. The highest BCUT2D eigenvalue weighted by atomic mass is 15.3. The van der Waals surface area contributed by atoms with E-state index in [0.29, 0.717) is 6.04 Å². The molecule has 0 radical (unpaired) electrons. The third-order valence-corrected chi connectivity index (χ3v) is 4.68. The first-order valence-electron chi connectivity index (χ1n) is 8.59. The summed E-state index contributed by atoms with van der Waals surface area (Å²) in [6.07, 6.45) is 3.86. The lowest BCUT2D eigenvalue weighted by Crippen LogP contribution is -2.48. The molecule has 1 aromatic heterocycles. The van der Waals surface area contributed by atoms with Crippen LogP contribution in [0.15, 0.2) is 42.7 Å². The van der Waals surface area contributed by atoms with Gasteiger partial charge < -0.3 is 0 Å². The monoisotopic (exact) mass is 309 g/mol. The molecule has 0 bridgehead atoms. The Morgan fingerprint density at radius 1 is 1.00 bits per heavy atom. The molecule has 0 spiro atoms. The normalized spacial score (nSPS) is 16.9. The molecule has 122 valence electrons. The molecule has 3 rings (SSSR count). The highest BCUT2D eigenvalue weighted by molar-refractivity contribution is 5.63. The van der Waals surface area contributed by atoms with Crippen LogP contribution in [0.1, 0.15) is 25.0 Å². The average Bonchev–Trinajstić information content (AvgIpc) is 2.56. The summed E-state index contributed by atoms with van der Waals surface area (Å²) in [7, 11) is 0. The number of aromatic nitrogens is 1. The van der Waals surface area contributed by atoms with E-state index in [4.69, 9.17) is 0 Å². The largest absolute Gasteiger partial charge is 0.298 e. The van der Waals surface area contributed by atoms with Gasteiger partial charge in [0.25, 0.3) is 0 Å². The molecule has 0 unspecified atom stereocenters. The predicted octanol–water partition coefficient (Wildman–Crippen LogP) is 3.58. The molecule has 2 heterocycles. The second-order valence-electron chi connectivity index (χ2n) is 6.86. The Morgan fingerprint density at radius 3 is 2.48 bits per heavy atom. The van der Waals surface area contributed by atoms with Crippen LogP contribution in [0, 0.1) is 6.92 Å². The van der Waals surface area contributed by atoms with E-state index in [1.54, 1.807) is 0 Å². The molecule has 0 amide bonds. The summed E-state index contributed by atoms with van der Waals surface area (Å²) in [5, 5.41) is 0. The van der Waals surface area contributed by atoms with Gasteiger partial charge in [0.05, 0.1) is 0 Å². The molecule has 1 aliphatic rings. The predicted molar refractivity (Wildman–Crippen MR) is 96.4 cm³/mol. The lowest BCUT2D eigenvalue weighted by atomic mass is 10.0. The molecule has 23 heavy (non-hydrogen) atoms. The van der Waals surface area contributed by atoms with Crippen molar-refractivity contribution >= 4 is 0 Å². The number of hydrogen-bond acceptors (Lipinski definition) is 3. The van der Waals surface area contributed by atoms with Crippen LogP contribution in [0.25, 0.3) is 11.1 Å². The highest BCUT2D eigenvalue weighted by Gasteiger charge is 2.18. The van der Waals surface area contributed by atoms with Crippen LogP contribution in [0.5, 0.6) is 0 Å². The van der Waals surface area contributed by atoms with Gasteiger partial charge >= 0.3 is 0 Å². The van der Waals surface area contributed by atoms with E-state index < -0.39 is 0 Å². The Bertz CT molecular complexity index is 643. The van der Waals surface area contributed by atoms with Gasteiger partial charge in [0.1, 0.15) is 0 Å². The van der Waals surface area contributed by atoms with Gasteiger partial charge in [-0.2, -0.15) is 0 Å². The summed E-state index contributed by atoms with van der Waals surface area (Å²) < 4.78 is 0. The first kappa shape index (κ1) is 16.2. The standard InChI is InChI=1S/C20H27N3/c1-16(2)23-9-7-22(8-10-23)15-18-5-4-6-19(12-18)20-11-17(3)13-21-14-20/h4-6,11-14,16H,7-10,15H2,1-3H3. The molecule has 0 N–H and O–H groups in total. The molecular formula is C20H27N3. The molecule has 3 heteroatoms. The van der Waals surface area contributed by atoms with Crippen molar-refractivity contribution in [2.45, 2.75) is 33.4 Å². The Kier molecular flexibility index (Phi) is 5.09. The average molecular weight is 309 g/mol. The second kappa shape index (κ2) is 7.24. The smallest absolute Gasteiger partial charge is 0.0346 e. The Hall–Kier alpha value is -1.71. The lowest BCUT2D eigenvalue weighted by Gasteiger charge is -2.37. The van der Waals surface area contributed by atoms with Gasteiger partial charge in [-0.1, -0.05) is 18.2 Å². The number of aryl methyl sites for hydroxylation is 1. The van der Waals surface area contributed by atoms with Crippen LogP contribution < -0.4 is 0 Å². The van der Waals surface area contributed by atoms with E-state index in [1.807, 2.05) is 12.4 Å². The highest BCUT2D eigenvalue weighted by Crippen LogP contribution is 2.21. The van der Waals surface area contributed by atoms with Crippen molar-refractivity contribution < 1.29 is 0 Å². The maximum Gasteiger partial charge on any atom is 0.0346 e. The van der Waals surface area contributed by atoms with Gasteiger partial charge in [0.2, 0.25) is 0 Å². The Balaban J connectivity index is 1.67. The van der Waals surface area contributed by atoms with Crippen LogP contribution in [0.2, 0.25) is 0 Å². The van der Waals surface area contributed by atoms with Gasteiger partial charge in [-0.15, -0.1) is 0 Å². The third-order valence-electron chi connectivity index (χ3n) is 4.68. The fourth-order valence-electron chi connectivity index (χ4n) is 3.26. The van der Waals surface area contributed by atoms with Crippen LogP contribution >= 0.6 is 0 Å². The van der Waals surface area contributed by atoms with E-state index in [2.05, 4.69) is 65.9 Å². The van der Waals surface area contributed by atoms with Crippen LogP contribution in [0.4, 0.5) is 0 Å². The first-order chi connectivity index (χ1) is 11.1. The minimum Gasteiger partial charge on any atom is -0.298 e. The number of benzene rings is 1. The summed E-state index contributed by atoms with van der Waals surface area (Å²) in [4.78, 5) is 9.44. The summed E-state index contributed by atoms with van der Waals surface area (Å²) in [5.41, 5.74) is 5.07. The van der Waals surface area contributed by atoms with Crippen molar-refractivity contribution in [3.63, 3.8) is 0 Å². The zero-order valence-corrected chi connectivity index (χ0v) is 14.5. The number of pyridine rings is 1. The summed E-state index contributed by atoms with van der Waals surface area (Å²) in [6, 6.07) is 11.8. The van der Waals surface area contributed by atoms with Crippen molar-refractivity contribution in [3.05, 3.63) is 53.9 Å². The molecule has 1 aliphatic heterocycles. The second-order valence-corrected chi connectivity index (χ2v) is 6.86. The number of rotatable bonds is 4. The van der Waals surface area contributed by atoms with Gasteiger partial charge in [0.15, 0.2) is 0 Å². The van der Waals surface area contributed by atoms with E-state index in [9.17, 15) is 0 Å². The van der Waals surface area contributed by atoms with Gasteiger partial charge in [-0.25, -0.2) is 0 Å². The van der Waals surface area contributed by atoms with E-state index in [0.717, 1.165) is 19.6 Å².